The summed E-state index contributed by atoms with van der Waals surface area (Å²) >= 11 is 0. The van der Waals surface area contributed by atoms with Crippen LogP contribution in [-0.4, -0.2) is 30.8 Å². The van der Waals surface area contributed by atoms with Crippen LogP contribution in [0.1, 0.15) is 30.9 Å². The van der Waals surface area contributed by atoms with Crippen LogP contribution in [0.15, 0.2) is 60.7 Å². The molecule has 0 saturated heterocycles. The molecular weight excluding hydrogens is 392 g/mol. The maximum Gasteiger partial charge on any atom is 0.123 e. The summed E-state index contributed by atoms with van der Waals surface area (Å²) in [7, 11) is 1.89. The SMILES string of the molecule is C=CC1=C(C=C)[C@H](c2ccc(F)cc2)[N-]CC1.CNC1(CO)CC1.[Y]. The monoisotopic (exact) mass is 418 g/mol. The second kappa shape index (κ2) is 10.5. The van der Waals surface area contributed by atoms with Gasteiger partial charge in [-0.25, -0.2) is 4.39 Å². The number of allylic oxidation sites excluding steroid dienone is 1. The van der Waals surface area contributed by atoms with Gasteiger partial charge in [0.1, 0.15) is 5.82 Å². The Morgan fingerprint density at radius 3 is 2.32 bits per heavy atom. The Bertz CT molecular complexity index is 603. The number of rotatable bonds is 5. The quantitative estimate of drug-likeness (QED) is 0.758. The molecule has 3 nitrogen and oxygen atoms in total. The van der Waals surface area contributed by atoms with Gasteiger partial charge in [-0.15, -0.1) is 6.54 Å². The van der Waals surface area contributed by atoms with Crippen LogP contribution < -0.4 is 5.32 Å². The summed E-state index contributed by atoms with van der Waals surface area (Å²) in [5, 5.41) is 16.2. The van der Waals surface area contributed by atoms with Crippen molar-refractivity contribution in [3.05, 3.63) is 77.4 Å². The Morgan fingerprint density at radius 2 is 1.92 bits per heavy atom. The summed E-state index contributed by atoms with van der Waals surface area (Å²) in [6, 6.07) is 6.45. The van der Waals surface area contributed by atoms with Gasteiger partial charge in [0, 0.05) is 38.2 Å². The molecule has 0 spiro atoms. The number of aliphatic hydroxyl groups excluding tert-OH is 1. The number of hydrogen-bond donors (Lipinski definition) is 2. The second-order valence-electron chi connectivity index (χ2n) is 6.19. The molecule has 25 heavy (non-hydrogen) atoms. The molecule has 3 rings (SSSR count). The Hall–Kier alpha value is -0.646. The van der Waals surface area contributed by atoms with E-state index >= 15 is 0 Å². The first kappa shape index (κ1) is 22.4. The largest absolute Gasteiger partial charge is 0.652 e. The Morgan fingerprint density at radius 1 is 1.28 bits per heavy atom. The molecule has 1 fully saturated rings. The van der Waals surface area contributed by atoms with Gasteiger partial charge in [-0.2, -0.15) is 0 Å². The van der Waals surface area contributed by atoms with Crippen molar-refractivity contribution in [1.82, 2.24) is 5.32 Å². The number of likely N-dealkylation sites (N-methyl/N-ethyl adjacent to an activating group) is 1. The number of hydrogen-bond acceptors (Lipinski definition) is 2. The molecule has 133 valence electrons. The summed E-state index contributed by atoms with van der Waals surface area (Å²) in [5.74, 6) is -0.224. The normalized spacial score (nSPS) is 20.7. The summed E-state index contributed by atoms with van der Waals surface area (Å²) in [5.41, 5.74) is 3.41. The topological polar surface area (TPSA) is 46.4 Å². The Balaban J connectivity index is 0.000000330. The third-order valence-electron chi connectivity index (χ3n) is 4.70. The number of aliphatic hydroxyl groups is 1. The zero-order valence-corrected chi connectivity index (χ0v) is 17.7. The van der Waals surface area contributed by atoms with Crippen molar-refractivity contribution in [2.75, 3.05) is 20.2 Å². The van der Waals surface area contributed by atoms with E-state index in [1.54, 1.807) is 12.1 Å². The predicted molar refractivity (Wildman–Crippen MR) is 97.5 cm³/mol. The molecule has 1 saturated carbocycles. The van der Waals surface area contributed by atoms with E-state index in [0.717, 1.165) is 36.9 Å². The first-order valence-corrected chi connectivity index (χ1v) is 8.29. The molecule has 2 aliphatic rings. The fourth-order valence-electron chi connectivity index (χ4n) is 2.76. The minimum Gasteiger partial charge on any atom is -0.652 e. The van der Waals surface area contributed by atoms with Crippen molar-refractivity contribution >= 4 is 0 Å². The average molecular weight is 418 g/mol. The summed E-state index contributed by atoms with van der Waals surface area (Å²) in [6.45, 7) is 8.73. The van der Waals surface area contributed by atoms with E-state index in [0.29, 0.717) is 6.61 Å². The molecule has 5 heteroatoms. The molecular formula is C20H26FN2OY-. The van der Waals surface area contributed by atoms with Gasteiger partial charge in [-0.05, 0) is 44.0 Å². The van der Waals surface area contributed by atoms with Gasteiger partial charge in [0.15, 0.2) is 0 Å². The van der Waals surface area contributed by atoms with Gasteiger partial charge >= 0.3 is 0 Å². The number of nitrogens with zero attached hydrogens (tertiary/aromatic N) is 1. The number of nitrogens with one attached hydrogen (secondary N) is 1. The first-order chi connectivity index (χ1) is 11.6. The minimum absolute atomic E-state index is 0. The molecule has 1 aromatic carbocycles. The van der Waals surface area contributed by atoms with Crippen molar-refractivity contribution in [2.45, 2.75) is 30.8 Å². The molecule has 0 unspecified atom stereocenters. The van der Waals surface area contributed by atoms with Gasteiger partial charge in [0.2, 0.25) is 0 Å². The van der Waals surface area contributed by atoms with E-state index in [9.17, 15) is 4.39 Å². The summed E-state index contributed by atoms with van der Waals surface area (Å²) < 4.78 is 12.9. The van der Waals surface area contributed by atoms with Gasteiger partial charge in [-0.1, -0.05) is 54.6 Å². The first-order valence-electron chi connectivity index (χ1n) is 8.29. The van der Waals surface area contributed by atoms with Gasteiger partial charge in [-0.3, -0.25) is 0 Å². The van der Waals surface area contributed by atoms with Crippen molar-refractivity contribution in [2.24, 2.45) is 0 Å². The van der Waals surface area contributed by atoms with E-state index in [4.69, 9.17) is 5.11 Å². The van der Waals surface area contributed by atoms with E-state index in [1.165, 1.54) is 17.7 Å². The third kappa shape index (κ3) is 5.94. The van der Waals surface area contributed by atoms with Gasteiger partial charge in [0.05, 0.1) is 6.61 Å². The van der Waals surface area contributed by atoms with E-state index in [1.807, 2.05) is 19.2 Å². The van der Waals surface area contributed by atoms with Gasteiger partial charge in [0.25, 0.3) is 0 Å². The van der Waals surface area contributed by atoms with Crippen LogP contribution >= 0.6 is 0 Å². The van der Waals surface area contributed by atoms with E-state index < -0.39 is 0 Å². The van der Waals surface area contributed by atoms with Crippen LogP contribution in [0.25, 0.3) is 5.32 Å². The molecule has 1 aliphatic heterocycles. The molecule has 0 amide bonds. The molecule has 0 bridgehead atoms. The zero-order valence-electron chi connectivity index (χ0n) is 14.8. The van der Waals surface area contributed by atoms with E-state index in [2.05, 4.69) is 23.8 Å². The number of benzene rings is 1. The molecule has 1 aromatic rings. The predicted octanol–water partition coefficient (Wildman–Crippen LogP) is 4.04. The van der Waals surface area contributed by atoms with Crippen molar-refractivity contribution in [1.29, 1.82) is 0 Å². The van der Waals surface area contributed by atoms with Crippen LogP contribution in [0, 0.1) is 5.82 Å². The minimum atomic E-state index is -0.224. The van der Waals surface area contributed by atoms with Gasteiger partial charge < -0.3 is 15.7 Å². The zero-order chi connectivity index (χ0) is 17.6. The average Bonchev–Trinajstić information content (AvgIpc) is 3.43. The molecule has 2 N–H and O–H groups in total. The second-order valence-corrected chi connectivity index (χ2v) is 6.19. The number of halogens is 1. The van der Waals surface area contributed by atoms with Crippen LogP contribution in [-0.2, 0) is 32.7 Å². The van der Waals surface area contributed by atoms with Crippen molar-refractivity contribution in [3.8, 4) is 0 Å². The fraction of sp³-hybridized carbons (Fsp3) is 0.400. The maximum absolute atomic E-state index is 12.9. The maximum atomic E-state index is 12.9. The smallest absolute Gasteiger partial charge is 0.123 e. The summed E-state index contributed by atoms with van der Waals surface area (Å²) in [4.78, 5) is 0. The molecule has 1 heterocycles. The third-order valence-corrected chi connectivity index (χ3v) is 4.70. The van der Waals surface area contributed by atoms with Crippen LogP contribution in [0.3, 0.4) is 0 Å². The van der Waals surface area contributed by atoms with E-state index in [-0.39, 0.29) is 50.1 Å². The molecule has 0 aromatic heterocycles. The Kier molecular flexibility index (Phi) is 9.40. The molecule has 1 atom stereocenters. The molecule has 1 aliphatic carbocycles. The standard InChI is InChI=1S/C15H15FN.C5H11NO.Y/c1-3-11-9-10-17-15(14(11)4-2)12-5-7-13(16)8-6-12;1-6-5(4-7)2-3-5;/h3-8,15H,1-2,9-10H2;6-7H,2-4H2,1H3;/q-1;;/t15-;;/m0../s1. The van der Waals surface area contributed by atoms with Crippen molar-refractivity contribution in [3.63, 3.8) is 0 Å². The summed E-state index contributed by atoms with van der Waals surface area (Å²) in [6.07, 6.45) is 6.87. The van der Waals surface area contributed by atoms with Crippen LogP contribution in [0.4, 0.5) is 4.39 Å². The molecule has 1 radical (unpaired) electrons. The fourth-order valence-corrected chi connectivity index (χ4v) is 2.76. The van der Waals surface area contributed by atoms with Crippen molar-refractivity contribution < 1.29 is 42.2 Å². The Labute approximate surface area is 175 Å². The van der Waals surface area contributed by atoms with Crippen LogP contribution in [0.5, 0.6) is 0 Å². The van der Waals surface area contributed by atoms with Crippen LogP contribution in [0.2, 0.25) is 0 Å².